The quantitative estimate of drug-likeness (QED) is 0.637. The van der Waals surface area contributed by atoms with Gasteiger partial charge in [0.25, 0.3) is 0 Å². The molecule has 2 aromatic rings. The minimum Gasteiger partial charge on any atom is -0.366 e. The summed E-state index contributed by atoms with van der Waals surface area (Å²) >= 11 is 0. The smallest absolute Gasteiger partial charge is 0.248 e. The molecule has 0 spiro atoms. The highest BCUT2D eigenvalue weighted by atomic mass is 16.2. The first-order valence-electron chi connectivity index (χ1n) is 12.5. The van der Waals surface area contributed by atoms with Gasteiger partial charge in [-0.05, 0) is 48.4 Å². The highest BCUT2D eigenvalue weighted by Crippen LogP contribution is 2.33. The Morgan fingerprint density at radius 1 is 0.914 bits per heavy atom. The molecule has 3 aliphatic heterocycles. The second-order valence-electron chi connectivity index (χ2n) is 10.1. The molecule has 3 saturated heterocycles. The number of hydrogen-bond donors (Lipinski definition) is 1. The number of carbonyl (C=O) groups excluding carboxylic acids is 3. The maximum absolute atomic E-state index is 13.2. The second-order valence-corrected chi connectivity index (χ2v) is 10.1. The zero-order chi connectivity index (χ0) is 24.4. The van der Waals surface area contributed by atoms with Crippen molar-refractivity contribution in [2.24, 2.45) is 23.5 Å². The van der Waals surface area contributed by atoms with E-state index in [0.29, 0.717) is 36.9 Å². The molecule has 0 saturated carbocycles. The van der Waals surface area contributed by atoms with E-state index < -0.39 is 5.91 Å². The summed E-state index contributed by atoms with van der Waals surface area (Å²) in [5.74, 6) is 0.590. The summed E-state index contributed by atoms with van der Waals surface area (Å²) in [4.78, 5) is 43.6. The first-order chi connectivity index (χ1) is 17.0. The maximum atomic E-state index is 13.2. The van der Waals surface area contributed by atoms with Crippen LogP contribution >= 0.6 is 0 Å². The number of nitrogens with zero attached hydrogens (tertiary/aromatic N) is 3. The average Bonchev–Trinajstić information content (AvgIpc) is 3.53. The van der Waals surface area contributed by atoms with E-state index in [1.165, 1.54) is 0 Å². The standard InChI is InChI=1S/C28H33N4O3/c29-27(34)25-11-5-4-9-21(25)10-6-12-30-15-23-18-32(19-24(23)16-30)28(35)22-13-26(33)31(17-22)14-20-7-2-1-3-8-20/h1-5,7-11,22-24H,6,12-19H2,(H2,29,34)/t22-,23?,24?/m0/s1. The highest BCUT2D eigenvalue weighted by molar-refractivity contribution is 5.94. The van der Waals surface area contributed by atoms with Gasteiger partial charge in [0.1, 0.15) is 0 Å². The van der Waals surface area contributed by atoms with Gasteiger partial charge in [0, 0.05) is 51.3 Å². The van der Waals surface area contributed by atoms with Crippen LogP contribution in [0.1, 0.15) is 34.3 Å². The van der Waals surface area contributed by atoms with Crippen molar-refractivity contribution in [2.45, 2.75) is 19.4 Å². The monoisotopic (exact) mass is 473 g/mol. The van der Waals surface area contributed by atoms with Crippen molar-refractivity contribution in [3.8, 4) is 0 Å². The molecule has 0 aliphatic carbocycles. The third-order valence-corrected chi connectivity index (χ3v) is 7.69. The Morgan fingerprint density at radius 2 is 1.60 bits per heavy atom. The van der Waals surface area contributed by atoms with E-state index in [1.807, 2.05) is 58.3 Å². The van der Waals surface area contributed by atoms with Gasteiger partial charge in [0.05, 0.1) is 5.92 Å². The van der Waals surface area contributed by atoms with Gasteiger partial charge in [-0.15, -0.1) is 0 Å². The maximum Gasteiger partial charge on any atom is 0.248 e. The van der Waals surface area contributed by atoms with Crippen LogP contribution in [0.4, 0.5) is 0 Å². The number of rotatable bonds is 8. The van der Waals surface area contributed by atoms with Crippen molar-refractivity contribution in [3.63, 3.8) is 0 Å². The molecule has 1 radical (unpaired) electrons. The van der Waals surface area contributed by atoms with Crippen LogP contribution in [0.15, 0.2) is 54.6 Å². The molecule has 35 heavy (non-hydrogen) atoms. The molecule has 3 atom stereocenters. The zero-order valence-electron chi connectivity index (χ0n) is 20.0. The minimum atomic E-state index is -0.399. The Kier molecular flexibility index (Phi) is 6.86. The average molecular weight is 474 g/mol. The molecule has 3 aliphatic rings. The van der Waals surface area contributed by atoms with E-state index in [9.17, 15) is 14.4 Å². The lowest BCUT2D eigenvalue weighted by Crippen LogP contribution is -2.38. The number of hydrogen-bond acceptors (Lipinski definition) is 4. The number of likely N-dealkylation sites (tertiary alicyclic amines) is 3. The third-order valence-electron chi connectivity index (χ3n) is 7.69. The molecule has 2 N–H and O–H groups in total. The third kappa shape index (κ3) is 5.25. The molecule has 0 aromatic heterocycles. The van der Waals surface area contributed by atoms with E-state index in [-0.39, 0.29) is 17.7 Å². The SMILES string of the molecule is NC(=O)c1ccccc1[CH]CCN1CC2CN(C(=O)[C@H]3CC(=O)N(Cc4ccccc4)C3)CC2C1. The van der Waals surface area contributed by atoms with Gasteiger partial charge in [-0.3, -0.25) is 14.4 Å². The van der Waals surface area contributed by atoms with Crippen molar-refractivity contribution < 1.29 is 14.4 Å². The van der Waals surface area contributed by atoms with Crippen LogP contribution in [-0.2, 0) is 16.1 Å². The Hall–Kier alpha value is -3.19. The van der Waals surface area contributed by atoms with E-state index in [4.69, 9.17) is 5.73 Å². The molecule has 0 bridgehead atoms. The molecule has 2 unspecified atom stereocenters. The van der Waals surface area contributed by atoms with Gasteiger partial charge in [0.2, 0.25) is 17.7 Å². The molecule has 3 fully saturated rings. The Labute approximate surface area is 206 Å². The van der Waals surface area contributed by atoms with Crippen LogP contribution in [0.5, 0.6) is 0 Å². The lowest BCUT2D eigenvalue weighted by atomic mass is 10.0. The first kappa shape index (κ1) is 23.5. The molecular weight excluding hydrogens is 440 g/mol. The summed E-state index contributed by atoms with van der Waals surface area (Å²) < 4.78 is 0. The largest absolute Gasteiger partial charge is 0.366 e. The Morgan fingerprint density at radius 3 is 2.31 bits per heavy atom. The van der Waals surface area contributed by atoms with Crippen molar-refractivity contribution in [1.82, 2.24) is 14.7 Å². The minimum absolute atomic E-state index is 0.0759. The van der Waals surface area contributed by atoms with Crippen molar-refractivity contribution in [1.29, 1.82) is 0 Å². The fourth-order valence-electron chi connectivity index (χ4n) is 5.91. The number of primary amides is 1. The Balaban J connectivity index is 1.07. The van der Waals surface area contributed by atoms with Crippen LogP contribution in [0.25, 0.3) is 0 Å². The fraction of sp³-hybridized carbons (Fsp3) is 0.429. The van der Waals surface area contributed by atoms with Crippen molar-refractivity contribution in [3.05, 3.63) is 77.7 Å². The van der Waals surface area contributed by atoms with E-state index in [0.717, 1.165) is 50.3 Å². The lowest BCUT2D eigenvalue weighted by Gasteiger charge is -2.24. The summed E-state index contributed by atoms with van der Waals surface area (Å²) in [5, 5.41) is 0. The second kappa shape index (κ2) is 10.2. The Bertz CT molecular complexity index is 1070. The van der Waals surface area contributed by atoms with Crippen LogP contribution < -0.4 is 5.73 Å². The number of fused-ring (bicyclic) bond motifs is 1. The summed E-state index contributed by atoms with van der Waals surface area (Å²) in [5.41, 5.74) is 8.03. The summed E-state index contributed by atoms with van der Waals surface area (Å²) in [6.45, 7) is 5.58. The first-order valence-corrected chi connectivity index (χ1v) is 12.5. The van der Waals surface area contributed by atoms with Gasteiger partial charge in [-0.1, -0.05) is 48.5 Å². The van der Waals surface area contributed by atoms with E-state index >= 15 is 0 Å². The van der Waals surface area contributed by atoms with E-state index in [2.05, 4.69) is 11.3 Å². The number of nitrogens with two attached hydrogens (primary N) is 1. The summed E-state index contributed by atoms with van der Waals surface area (Å²) in [7, 11) is 0. The van der Waals surface area contributed by atoms with Gasteiger partial charge < -0.3 is 20.4 Å². The van der Waals surface area contributed by atoms with Crippen LogP contribution in [0.2, 0.25) is 0 Å². The van der Waals surface area contributed by atoms with Crippen LogP contribution in [0.3, 0.4) is 0 Å². The lowest BCUT2D eigenvalue weighted by molar-refractivity contribution is -0.135. The molecule has 7 heteroatoms. The molecule has 2 aromatic carbocycles. The number of carbonyl (C=O) groups is 3. The molecule has 3 heterocycles. The molecular formula is C28H33N4O3. The van der Waals surface area contributed by atoms with Crippen LogP contribution in [-0.4, -0.2) is 71.7 Å². The van der Waals surface area contributed by atoms with Gasteiger partial charge in [0.15, 0.2) is 0 Å². The number of amides is 3. The topological polar surface area (TPSA) is 87.0 Å². The van der Waals surface area contributed by atoms with Gasteiger partial charge in [-0.2, -0.15) is 0 Å². The molecule has 7 nitrogen and oxygen atoms in total. The van der Waals surface area contributed by atoms with Gasteiger partial charge >= 0.3 is 0 Å². The van der Waals surface area contributed by atoms with Gasteiger partial charge in [-0.25, -0.2) is 0 Å². The van der Waals surface area contributed by atoms with Crippen molar-refractivity contribution >= 4 is 17.7 Å². The van der Waals surface area contributed by atoms with Crippen LogP contribution in [0, 0.1) is 24.2 Å². The zero-order valence-corrected chi connectivity index (χ0v) is 20.0. The highest BCUT2D eigenvalue weighted by Gasteiger charge is 2.44. The predicted octanol–water partition coefficient (Wildman–Crippen LogP) is 2.17. The molecule has 3 amide bonds. The normalized spacial score (nSPS) is 24.2. The molecule has 5 rings (SSSR count). The summed E-state index contributed by atoms with van der Waals surface area (Å²) in [6, 6.07) is 17.4. The summed E-state index contributed by atoms with van der Waals surface area (Å²) in [6.07, 6.45) is 3.27. The fourth-order valence-corrected chi connectivity index (χ4v) is 5.91. The molecule has 183 valence electrons. The number of benzene rings is 2. The van der Waals surface area contributed by atoms with E-state index in [1.54, 1.807) is 6.07 Å². The van der Waals surface area contributed by atoms with Crippen molar-refractivity contribution in [2.75, 3.05) is 39.3 Å². The predicted molar refractivity (Wildman–Crippen MR) is 133 cm³/mol.